The molecule has 84 valence electrons. The Hall–Kier alpha value is -1.03. The highest BCUT2D eigenvalue weighted by atomic mass is 32.2. The zero-order valence-electron chi connectivity index (χ0n) is 9.40. The molecule has 1 aromatic carbocycles. The first-order valence-electron chi connectivity index (χ1n) is 4.70. The molecule has 15 heavy (non-hydrogen) atoms. The molecule has 0 aromatic heterocycles. The van der Waals surface area contributed by atoms with Gasteiger partial charge < -0.3 is 5.11 Å². The lowest BCUT2D eigenvalue weighted by atomic mass is 10.2. The molecule has 0 heterocycles. The second kappa shape index (κ2) is 3.52. The van der Waals surface area contributed by atoms with Crippen molar-refractivity contribution < 1.29 is 13.5 Å². The maximum atomic E-state index is 12.1. The van der Waals surface area contributed by atoms with Gasteiger partial charge in [0.1, 0.15) is 5.75 Å². The minimum absolute atomic E-state index is 0.0837. The van der Waals surface area contributed by atoms with Gasteiger partial charge in [0.25, 0.3) is 0 Å². The molecular formula is C11H16O3S. The molecule has 0 saturated heterocycles. The molecule has 0 aliphatic rings. The van der Waals surface area contributed by atoms with Gasteiger partial charge in [-0.3, -0.25) is 0 Å². The van der Waals surface area contributed by atoms with E-state index < -0.39 is 14.6 Å². The van der Waals surface area contributed by atoms with Crippen molar-refractivity contribution in [3.05, 3.63) is 23.8 Å². The Morgan fingerprint density at radius 2 is 1.73 bits per heavy atom. The zero-order valence-corrected chi connectivity index (χ0v) is 10.2. The van der Waals surface area contributed by atoms with Crippen LogP contribution in [0.4, 0.5) is 0 Å². The lowest BCUT2D eigenvalue weighted by molar-refractivity contribution is 0.474. The summed E-state index contributed by atoms with van der Waals surface area (Å²) in [6, 6.07) is 4.30. The van der Waals surface area contributed by atoms with Crippen molar-refractivity contribution in [1.29, 1.82) is 0 Å². The van der Waals surface area contributed by atoms with E-state index in [1.807, 2.05) is 0 Å². The van der Waals surface area contributed by atoms with Crippen LogP contribution in [-0.4, -0.2) is 18.3 Å². The van der Waals surface area contributed by atoms with Crippen LogP contribution in [0.5, 0.6) is 5.75 Å². The van der Waals surface area contributed by atoms with Crippen LogP contribution >= 0.6 is 0 Å². The van der Waals surface area contributed by atoms with E-state index in [0.717, 1.165) is 0 Å². The van der Waals surface area contributed by atoms with E-state index in [1.54, 1.807) is 27.7 Å². The predicted molar refractivity (Wildman–Crippen MR) is 59.8 cm³/mol. The van der Waals surface area contributed by atoms with Crippen LogP contribution in [0, 0.1) is 6.92 Å². The highest BCUT2D eigenvalue weighted by Crippen LogP contribution is 2.28. The van der Waals surface area contributed by atoms with Gasteiger partial charge in [-0.2, -0.15) is 0 Å². The molecule has 3 nitrogen and oxygen atoms in total. The number of aromatic hydroxyl groups is 1. The van der Waals surface area contributed by atoms with E-state index in [0.29, 0.717) is 5.56 Å². The van der Waals surface area contributed by atoms with Crippen LogP contribution < -0.4 is 0 Å². The molecule has 1 aromatic rings. The second-order valence-corrected chi connectivity index (χ2v) is 7.24. The first-order chi connectivity index (χ1) is 6.66. The monoisotopic (exact) mass is 228 g/mol. The molecule has 0 unspecified atom stereocenters. The van der Waals surface area contributed by atoms with Gasteiger partial charge in [-0.05, 0) is 51.5 Å². The Kier molecular flexibility index (Phi) is 2.83. The first-order valence-corrected chi connectivity index (χ1v) is 6.19. The van der Waals surface area contributed by atoms with E-state index in [4.69, 9.17) is 0 Å². The lowest BCUT2D eigenvalue weighted by Crippen LogP contribution is -2.28. The third-order valence-electron chi connectivity index (χ3n) is 2.25. The number of rotatable bonds is 1. The average Bonchev–Trinajstić information content (AvgIpc) is 2.00. The largest absolute Gasteiger partial charge is 0.508 e. The molecule has 0 radical (unpaired) electrons. The summed E-state index contributed by atoms with van der Waals surface area (Å²) in [5.74, 6) is 0.0837. The van der Waals surface area contributed by atoms with E-state index >= 15 is 0 Å². The number of hydrogen-bond acceptors (Lipinski definition) is 3. The highest BCUT2D eigenvalue weighted by molar-refractivity contribution is 7.92. The number of hydrogen-bond donors (Lipinski definition) is 1. The second-order valence-electron chi connectivity index (χ2n) is 4.57. The normalized spacial score (nSPS) is 12.8. The van der Waals surface area contributed by atoms with E-state index in [-0.39, 0.29) is 10.6 Å². The molecule has 0 amide bonds. The fourth-order valence-corrected chi connectivity index (χ4v) is 2.65. The van der Waals surface area contributed by atoms with E-state index in [9.17, 15) is 13.5 Å². The minimum atomic E-state index is -3.33. The van der Waals surface area contributed by atoms with Gasteiger partial charge in [0, 0.05) is 0 Å². The summed E-state index contributed by atoms with van der Waals surface area (Å²) in [5.41, 5.74) is 0.574. The molecule has 0 bridgehead atoms. The van der Waals surface area contributed by atoms with E-state index in [2.05, 4.69) is 0 Å². The molecule has 0 aliphatic heterocycles. The summed E-state index contributed by atoms with van der Waals surface area (Å²) in [4.78, 5) is 0.285. The molecule has 0 saturated carbocycles. The number of aryl methyl sites for hydroxylation is 1. The Labute approximate surface area is 90.7 Å². The summed E-state index contributed by atoms with van der Waals surface area (Å²) in [5, 5.41) is 9.21. The SMILES string of the molecule is Cc1cc(O)ccc1S(=O)(=O)C(C)(C)C. The lowest BCUT2D eigenvalue weighted by Gasteiger charge is -2.20. The molecule has 1 rings (SSSR count). The topological polar surface area (TPSA) is 54.4 Å². The fourth-order valence-electron chi connectivity index (χ4n) is 1.26. The molecule has 0 spiro atoms. The van der Waals surface area contributed by atoms with Crippen LogP contribution in [0.3, 0.4) is 0 Å². The van der Waals surface area contributed by atoms with Crippen molar-refractivity contribution in [2.45, 2.75) is 37.3 Å². The van der Waals surface area contributed by atoms with Gasteiger partial charge in [0.15, 0.2) is 9.84 Å². The summed E-state index contributed by atoms with van der Waals surface area (Å²) < 4.78 is 23.4. The van der Waals surface area contributed by atoms with Crippen LogP contribution in [-0.2, 0) is 9.84 Å². The smallest absolute Gasteiger partial charge is 0.183 e. The summed E-state index contributed by atoms with van der Waals surface area (Å²) in [6.07, 6.45) is 0. The maximum absolute atomic E-state index is 12.1. The van der Waals surface area contributed by atoms with Gasteiger partial charge in [0.05, 0.1) is 9.64 Å². The fraction of sp³-hybridized carbons (Fsp3) is 0.455. The van der Waals surface area contributed by atoms with Gasteiger partial charge in [0.2, 0.25) is 0 Å². The van der Waals surface area contributed by atoms with Crippen LogP contribution in [0.25, 0.3) is 0 Å². The molecule has 0 atom stereocenters. The standard InChI is InChI=1S/C11H16O3S/c1-8-7-9(12)5-6-10(8)15(13,14)11(2,3)4/h5-7,12H,1-4H3. The predicted octanol–water partition coefficient (Wildman–Crippen LogP) is 2.27. The Bertz CT molecular complexity index is 467. The van der Waals surface area contributed by atoms with Gasteiger partial charge in [-0.25, -0.2) is 8.42 Å². The number of sulfone groups is 1. The molecular weight excluding hydrogens is 212 g/mol. The third-order valence-corrected chi connectivity index (χ3v) is 4.90. The van der Waals surface area contributed by atoms with Crippen molar-refractivity contribution >= 4 is 9.84 Å². The Morgan fingerprint density at radius 3 is 2.13 bits per heavy atom. The minimum Gasteiger partial charge on any atom is -0.508 e. The highest BCUT2D eigenvalue weighted by Gasteiger charge is 2.31. The number of phenolic OH excluding ortho intramolecular Hbond substituents is 1. The third kappa shape index (κ3) is 2.15. The summed E-state index contributed by atoms with van der Waals surface area (Å²) in [7, 11) is -3.33. The van der Waals surface area contributed by atoms with Gasteiger partial charge in [-0.1, -0.05) is 0 Å². The van der Waals surface area contributed by atoms with Crippen LogP contribution in [0.2, 0.25) is 0 Å². The van der Waals surface area contributed by atoms with Gasteiger partial charge >= 0.3 is 0 Å². The van der Waals surface area contributed by atoms with Crippen LogP contribution in [0.1, 0.15) is 26.3 Å². The van der Waals surface area contributed by atoms with Crippen molar-refractivity contribution in [2.24, 2.45) is 0 Å². The quantitative estimate of drug-likeness (QED) is 0.802. The summed E-state index contributed by atoms with van der Waals surface area (Å²) in [6.45, 7) is 6.66. The molecule has 1 N–H and O–H groups in total. The van der Waals surface area contributed by atoms with Crippen molar-refractivity contribution in [3.8, 4) is 5.75 Å². The average molecular weight is 228 g/mol. The van der Waals surface area contributed by atoms with Crippen molar-refractivity contribution in [3.63, 3.8) is 0 Å². The Morgan fingerprint density at radius 1 is 1.20 bits per heavy atom. The van der Waals surface area contributed by atoms with Crippen LogP contribution in [0.15, 0.2) is 23.1 Å². The number of phenols is 1. The maximum Gasteiger partial charge on any atom is 0.183 e. The summed E-state index contributed by atoms with van der Waals surface area (Å²) >= 11 is 0. The molecule has 4 heteroatoms. The van der Waals surface area contributed by atoms with Crippen molar-refractivity contribution in [2.75, 3.05) is 0 Å². The Balaban J connectivity index is 3.42. The molecule has 0 aliphatic carbocycles. The zero-order chi connectivity index (χ0) is 11.9. The van der Waals surface area contributed by atoms with Crippen molar-refractivity contribution in [1.82, 2.24) is 0 Å². The first kappa shape index (κ1) is 12.0. The van der Waals surface area contributed by atoms with E-state index in [1.165, 1.54) is 18.2 Å². The number of benzene rings is 1. The molecule has 0 fully saturated rings. The van der Waals surface area contributed by atoms with Gasteiger partial charge in [-0.15, -0.1) is 0 Å².